The van der Waals surface area contributed by atoms with Gasteiger partial charge in [0.1, 0.15) is 5.75 Å². The first-order valence-corrected chi connectivity index (χ1v) is 6.34. The van der Waals surface area contributed by atoms with E-state index >= 15 is 0 Å². The zero-order chi connectivity index (χ0) is 14.1. The van der Waals surface area contributed by atoms with Gasteiger partial charge in [-0.1, -0.05) is 0 Å². The van der Waals surface area contributed by atoms with Crippen molar-refractivity contribution in [3.63, 3.8) is 0 Å². The number of carbonyl (C=O) groups is 2. The number of hydrogen-bond acceptors (Lipinski definition) is 4. The molecule has 1 aromatic rings. The summed E-state index contributed by atoms with van der Waals surface area (Å²) >= 11 is 5.32. The normalized spacial score (nSPS) is 9.79. The first kappa shape index (κ1) is 15.3. The molecule has 1 N–H and O–H groups in total. The number of nitrogens with one attached hydrogen (secondary N) is 1. The number of rotatable bonds is 7. The fourth-order valence-electron chi connectivity index (χ4n) is 1.32. The highest BCUT2D eigenvalue weighted by Crippen LogP contribution is 2.13. The van der Waals surface area contributed by atoms with Crippen molar-refractivity contribution in [2.24, 2.45) is 0 Å². The summed E-state index contributed by atoms with van der Waals surface area (Å²) in [6, 6.07) is 6.55. The van der Waals surface area contributed by atoms with E-state index in [0.717, 1.165) is 0 Å². The third-order valence-corrected chi connectivity index (χ3v) is 2.43. The Bertz CT molecular complexity index is 419. The Kier molecular flexibility index (Phi) is 6.74. The quantitative estimate of drug-likeness (QED) is 0.618. The molecule has 0 radical (unpaired) electrons. The lowest BCUT2D eigenvalue weighted by Gasteiger charge is -2.07. The molecule has 0 saturated heterocycles. The van der Waals surface area contributed by atoms with Crippen LogP contribution in [0.3, 0.4) is 0 Å². The number of benzene rings is 1. The molecule has 0 aromatic heterocycles. The Hall–Kier alpha value is -1.75. The van der Waals surface area contributed by atoms with Gasteiger partial charge < -0.3 is 14.8 Å². The molecule has 5 nitrogen and oxygen atoms in total. The smallest absolute Gasteiger partial charge is 0.407 e. The number of amides is 1. The number of carbonyl (C=O) groups excluding carboxylic acids is 2. The highest BCUT2D eigenvalue weighted by atomic mass is 35.5. The van der Waals surface area contributed by atoms with Crippen LogP contribution in [-0.2, 0) is 4.74 Å². The van der Waals surface area contributed by atoms with Crippen LogP contribution in [0.15, 0.2) is 24.3 Å². The lowest BCUT2D eigenvalue weighted by molar-refractivity contribution is 0.108. The summed E-state index contributed by atoms with van der Waals surface area (Å²) < 4.78 is 10.1. The van der Waals surface area contributed by atoms with Gasteiger partial charge in [-0.25, -0.2) is 4.79 Å². The van der Waals surface area contributed by atoms with Gasteiger partial charge in [0.25, 0.3) is 5.24 Å². The van der Waals surface area contributed by atoms with Crippen molar-refractivity contribution in [1.29, 1.82) is 0 Å². The van der Waals surface area contributed by atoms with Crippen LogP contribution in [0.4, 0.5) is 4.79 Å². The van der Waals surface area contributed by atoms with Gasteiger partial charge in [0.2, 0.25) is 0 Å². The predicted molar refractivity (Wildman–Crippen MR) is 71.8 cm³/mol. The standard InChI is InChI=1S/C13H16ClNO4/c1-2-18-13(17)15-8-3-9-19-11-6-4-10(5-7-11)12(14)16/h4-7H,2-3,8-9H2,1H3,(H,15,17). The Labute approximate surface area is 116 Å². The average Bonchev–Trinajstić information content (AvgIpc) is 2.39. The topological polar surface area (TPSA) is 64.6 Å². The number of ether oxygens (including phenoxy) is 2. The zero-order valence-electron chi connectivity index (χ0n) is 10.6. The molecule has 1 amide bonds. The summed E-state index contributed by atoms with van der Waals surface area (Å²) in [6.07, 6.45) is 0.238. The minimum atomic E-state index is -0.495. The van der Waals surface area contributed by atoms with Gasteiger partial charge >= 0.3 is 6.09 Å². The summed E-state index contributed by atoms with van der Waals surface area (Å²) in [4.78, 5) is 21.8. The van der Waals surface area contributed by atoms with E-state index in [2.05, 4.69) is 5.32 Å². The summed E-state index contributed by atoms with van der Waals surface area (Å²) in [5.74, 6) is 0.651. The van der Waals surface area contributed by atoms with Gasteiger partial charge in [-0.15, -0.1) is 0 Å². The van der Waals surface area contributed by atoms with Crippen LogP contribution >= 0.6 is 11.6 Å². The molecule has 0 heterocycles. The molecule has 1 aromatic carbocycles. The van der Waals surface area contributed by atoms with Gasteiger partial charge in [-0.05, 0) is 49.2 Å². The van der Waals surface area contributed by atoms with Crippen molar-refractivity contribution >= 4 is 22.9 Å². The molecule has 0 aliphatic carbocycles. The molecule has 0 atom stereocenters. The second-order valence-corrected chi connectivity index (χ2v) is 3.99. The van der Waals surface area contributed by atoms with E-state index in [1.807, 2.05) is 0 Å². The first-order chi connectivity index (χ1) is 9.13. The molecule has 0 aliphatic heterocycles. The fraction of sp³-hybridized carbons (Fsp3) is 0.385. The molecule has 0 aliphatic rings. The molecule has 6 heteroatoms. The minimum absolute atomic E-state index is 0.355. The van der Waals surface area contributed by atoms with E-state index in [1.54, 1.807) is 31.2 Å². The maximum absolute atomic E-state index is 11.0. The van der Waals surface area contributed by atoms with Crippen molar-refractivity contribution in [3.05, 3.63) is 29.8 Å². The molecule has 1 rings (SSSR count). The molecule has 0 spiro atoms. The zero-order valence-corrected chi connectivity index (χ0v) is 11.4. The summed E-state index contributed by atoms with van der Waals surface area (Å²) in [6.45, 7) is 3.05. The second-order valence-electron chi connectivity index (χ2n) is 3.65. The van der Waals surface area contributed by atoms with E-state index in [4.69, 9.17) is 21.1 Å². The molecular formula is C13H16ClNO4. The van der Waals surface area contributed by atoms with Crippen LogP contribution in [-0.4, -0.2) is 31.1 Å². The lowest BCUT2D eigenvalue weighted by atomic mass is 10.2. The Morgan fingerprint density at radius 3 is 2.53 bits per heavy atom. The van der Waals surface area contributed by atoms with Crippen molar-refractivity contribution < 1.29 is 19.1 Å². The van der Waals surface area contributed by atoms with Crippen LogP contribution in [0.1, 0.15) is 23.7 Å². The van der Waals surface area contributed by atoms with Crippen LogP contribution in [0.25, 0.3) is 0 Å². The Morgan fingerprint density at radius 1 is 1.26 bits per heavy atom. The largest absolute Gasteiger partial charge is 0.494 e. The van der Waals surface area contributed by atoms with Crippen LogP contribution < -0.4 is 10.1 Å². The highest BCUT2D eigenvalue weighted by Gasteiger charge is 2.02. The molecule has 0 unspecified atom stereocenters. The third kappa shape index (κ3) is 6.10. The second kappa shape index (κ2) is 8.37. The SMILES string of the molecule is CCOC(=O)NCCCOc1ccc(C(=O)Cl)cc1. The van der Waals surface area contributed by atoms with E-state index in [0.29, 0.717) is 37.5 Å². The summed E-state index contributed by atoms with van der Waals surface area (Å²) in [5, 5.41) is 2.10. The minimum Gasteiger partial charge on any atom is -0.494 e. The molecule has 0 bridgehead atoms. The predicted octanol–water partition coefficient (Wildman–Crippen LogP) is 2.58. The van der Waals surface area contributed by atoms with Crippen LogP contribution in [0.2, 0.25) is 0 Å². The van der Waals surface area contributed by atoms with Crippen LogP contribution in [0.5, 0.6) is 5.75 Å². The molecule has 19 heavy (non-hydrogen) atoms. The van der Waals surface area contributed by atoms with Gasteiger partial charge in [0.05, 0.1) is 13.2 Å². The average molecular weight is 286 g/mol. The number of hydrogen-bond donors (Lipinski definition) is 1. The van der Waals surface area contributed by atoms with Crippen LogP contribution in [0, 0.1) is 0 Å². The van der Waals surface area contributed by atoms with Gasteiger partial charge in [0.15, 0.2) is 0 Å². The van der Waals surface area contributed by atoms with E-state index in [1.165, 1.54) is 0 Å². The van der Waals surface area contributed by atoms with Gasteiger partial charge in [0, 0.05) is 12.1 Å². The fourth-order valence-corrected chi connectivity index (χ4v) is 1.44. The van der Waals surface area contributed by atoms with Crippen molar-refractivity contribution in [2.45, 2.75) is 13.3 Å². The molecular weight excluding hydrogens is 270 g/mol. The van der Waals surface area contributed by atoms with Crippen molar-refractivity contribution in [2.75, 3.05) is 19.8 Å². The van der Waals surface area contributed by atoms with Gasteiger partial charge in [-0.3, -0.25) is 4.79 Å². The monoisotopic (exact) mass is 285 g/mol. The third-order valence-electron chi connectivity index (χ3n) is 2.22. The molecule has 0 fully saturated rings. The van der Waals surface area contributed by atoms with E-state index in [-0.39, 0.29) is 0 Å². The lowest BCUT2D eigenvalue weighted by Crippen LogP contribution is -2.26. The maximum atomic E-state index is 11.0. The highest BCUT2D eigenvalue weighted by molar-refractivity contribution is 6.67. The molecule has 0 saturated carbocycles. The Balaban J connectivity index is 2.19. The van der Waals surface area contributed by atoms with Gasteiger partial charge in [-0.2, -0.15) is 0 Å². The number of halogens is 1. The maximum Gasteiger partial charge on any atom is 0.407 e. The van der Waals surface area contributed by atoms with Crippen molar-refractivity contribution in [1.82, 2.24) is 5.32 Å². The first-order valence-electron chi connectivity index (χ1n) is 5.96. The Morgan fingerprint density at radius 2 is 1.95 bits per heavy atom. The summed E-state index contributed by atoms with van der Waals surface area (Å²) in [5.41, 5.74) is 0.429. The summed E-state index contributed by atoms with van der Waals surface area (Å²) in [7, 11) is 0. The van der Waals surface area contributed by atoms with Crippen molar-refractivity contribution in [3.8, 4) is 5.75 Å². The molecule has 104 valence electrons. The van der Waals surface area contributed by atoms with E-state index in [9.17, 15) is 9.59 Å². The van der Waals surface area contributed by atoms with E-state index < -0.39 is 11.3 Å². The number of alkyl carbamates (subject to hydrolysis) is 1.